The quantitative estimate of drug-likeness (QED) is 0.598. The Kier molecular flexibility index (Phi) is 4.24. The molecule has 0 aliphatic carbocycles. The number of nitro benzene ring substituents is 1. The van der Waals surface area contributed by atoms with Gasteiger partial charge in [-0.05, 0) is 22.0 Å². The van der Waals surface area contributed by atoms with Gasteiger partial charge in [0.2, 0.25) is 5.91 Å². The van der Waals surface area contributed by atoms with E-state index in [1.165, 1.54) is 18.2 Å². The number of halogens is 1. The molecule has 2 atom stereocenters. The van der Waals surface area contributed by atoms with Gasteiger partial charge in [0.05, 0.1) is 16.6 Å². The number of benzene rings is 1. The van der Waals surface area contributed by atoms with Gasteiger partial charge in [0.1, 0.15) is 10.5 Å². The molecule has 3 N–H and O–H groups in total. The number of nitrogens with two attached hydrogens (primary N) is 1. The first kappa shape index (κ1) is 15.4. The average molecular weight is 358 g/mol. The summed E-state index contributed by atoms with van der Waals surface area (Å²) < 4.78 is 0.0320. The number of β-amino-alcohol motifs (C(OH)–C–C–N with tert-alkyl or cyclic N) is 1. The van der Waals surface area contributed by atoms with Crippen molar-refractivity contribution in [2.75, 3.05) is 6.54 Å². The van der Waals surface area contributed by atoms with Crippen LogP contribution in [0.2, 0.25) is 0 Å². The van der Waals surface area contributed by atoms with Gasteiger partial charge in [-0.1, -0.05) is 6.07 Å². The minimum atomic E-state index is -0.918. The Bertz CT molecular complexity index is 621. The highest BCUT2D eigenvalue weighted by molar-refractivity contribution is 9.10. The molecule has 0 spiro atoms. The highest BCUT2D eigenvalue weighted by Crippen LogP contribution is 2.30. The SMILES string of the molecule is NC(=O)C1CC(O)CN1C(=O)c1cccc([N+](=O)[O-])c1Br. The van der Waals surface area contributed by atoms with Crippen molar-refractivity contribution >= 4 is 33.4 Å². The van der Waals surface area contributed by atoms with Crippen LogP contribution < -0.4 is 5.73 Å². The fourth-order valence-electron chi connectivity index (χ4n) is 2.29. The fourth-order valence-corrected chi connectivity index (χ4v) is 2.87. The third-order valence-electron chi connectivity index (χ3n) is 3.27. The van der Waals surface area contributed by atoms with Crippen LogP contribution in [0.5, 0.6) is 0 Å². The number of nitrogens with zero attached hydrogens (tertiary/aromatic N) is 2. The number of likely N-dealkylation sites (tertiary alicyclic amines) is 1. The van der Waals surface area contributed by atoms with Crippen LogP contribution in [0, 0.1) is 10.1 Å². The number of carbonyl (C=O) groups excluding carboxylic acids is 2. The van der Waals surface area contributed by atoms with Crippen molar-refractivity contribution in [1.29, 1.82) is 0 Å². The van der Waals surface area contributed by atoms with Crippen molar-refractivity contribution in [1.82, 2.24) is 4.90 Å². The zero-order chi connectivity index (χ0) is 15.7. The molecule has 0 saturated carbocycles. The number of amides is 2. The van der Waals surface area contributed by atoms with Crippen LogP contribution in [0.4, 0.5) is 5.69 Å². The molecule has 2 amide bonds. The number of hydrogen-bond acceptors (Lipinski definition) is 5. The van der Waals surface area contributed by atoms with E-state index < -0.39 is 28.9 Å². The summed E-state index contributed by atoms with van der Waals surface area (Å²) in [7, 11) is 0. The predicted octanol–water partition coefficient (Wildman–Crippen LogP) is 0.418. The number of aliphatic hydroxyl groups excluding tert-OH is 1. The largest absolute Gasteiger partial charge is 0.391 e. The molecular formula is C12H12BrN3O5. The van der Waals surface area contributed by atoms with E-state index in [0.717, 1.165) is 4.90 Å². The van der Waals surface area contributed by atoms with E-state index in [1.54, 1.807) is 0 Å². The third-order valence-corrected chi connectivity index (χ3v) is 4.11. The summed E-state index contributed by atoms with van der Waals surface area (Å²) in [4.78, 5) is 35.2. The fraction of sp³-hybridized carbons (Fsp3) is 0.333. The summed E-state index contributed by atoms with van der Waals surface area (Å²) in [6, 6.07) is 3.12. The number of nitro groups is 1. The standard InChI is InChI=1S/C12H12BrN3O5/c13-10-7(2-1-3-8(10)16(20)21)12(19)15-5-6(17)4-9(15)11(14)18/h1-3,6,9,17H,4-5H2,(H2,14,18). The lowest BCUT2D eigenvalue weighted by atomic mass is 10.1. The second kappa shape index (κ2) is 5.78. The van der Waals surface area contributed by atoms with Crippen LogP contribution >= 0.6 is 15.9 Å². The number of carbonyl (C=O) groups is 2. The van der Waals surface area contributed by atoms with Crippen molar-refractivity contribution in [2.45, 2.75) is 18.6 Å². The summed E-state index contributed by atoms with van der Waals surface area (Å²) in [6.45, 7) is -0.0401. The monoisotopic (exact) mass is 357 g/mol. The molecular weight excluding hydrogens is 346 g/mol. The highest BCUT2D eigenvalue weighted by Gasteiger charge is 2.39. The van der Waals surface area contributed by atoms with Gasteiger partial charge in [0, 0.05) is 19.0 Å². The molecule has 1 aliphatic rings. The van der Waals surface area contributed by atoms with E-state index in [1.807, 2.05) is 0 Å². The lowest BCUT2D eigenvalue weighted by molar-refractivity contribution is -0.385. The Hall–Kier alpha value is -2.00. The molecule has 1 saturated heterocycles. The maximum absolute atomic E-state index is 12.5. The Morgan fingerprint density at radius 3 is 2.71 bits per heavy atom. The first-order valence-electron chi connectivity index (χ1n) is 6.04. The van der Waals surface area contributed by atoms with Crippen molar-refractivity contribution in [3.8, 4) is 0 Å². The van der Waals surface area contributed by atoms with E-state index in [4.69, 9.17) is 5.73 Å². The van der Waals surface area contributed by atoms with Gasteiger partial charge in [0.25, 0.3) is 11.6 Å². The zero-order valence-corrected chi connectivity index (χ0v) is 12.3. The van der Waals surface area contributed by atoms with Crippen LogP contribution in [-0.4, -0.2) is 45.4 Å². The maximum Gasteiger partial charge on any atom is 0.284 e. The summed E-state index contributed by atoms with van der Waals surface area (Å²) in [5.41, 5.74) is 5.01. The third kappa shape index (κ3) is 2.88. The van der Waals surface area contributed by atoms with Crippen LogP contribution in [0.3, 0.4) is 0 Å². The minimum Gasteiger partial charge on any atom is -0.391 e. The molecule has 9 heteroatoms. The van der Waals surface area contributed by atoms with Crippen LogP contribution in [0.1, 0.15) is 16.8 Å². The summed E-state index contributed by atoms with van der Waals surface area (Å²) in [5.74, 6) is -1.31. The van der Waals surface area contributed by atoms with E-state index in [-0.39, 0.29) is 28.7 Å². The Labute approximate surface area is 127 Å². The van der Waals surface area contributed by atoms with Gasteiger partial charge in [-0.3, -0.25) is 19.7 Å². The van der Waals surface area contributed by atoms with Gasteiger partial charge in [0.15, 0.2) is 0 Å². The molecule has 8 nitrogen and oxygen atoms in total. The molecule has 0 aromatic heterocycles. The zero-order valence-electron chi connectivity index (χ0n) is 10.7. The van der Waals surface area contributed by atoms with Crippen LogP contribution in [0.15, 0.2) is 22.7 Å². The lowest BCUT2D eigenvalue weighted by Gasteiger charge is -2.22. The number of rotatable bonds is 3. The second-order valence-corrected chi connectivity index (χ2v) is 5.45. The van der Waals surface area contributed by atoms with Crippen molar-refractivity contribution < 1.29 is 19.6 Å². The molecule has 0 bridgehead atoms. The first-order valence-corrected chi connectivity index (χ1v) is 6.83. The number of aliphatic hydroxyl groups is 1. The van der Waals surface area contributed by atoms with E-state index >= 15 is 0 Å². The topological polar surface area (TPSA) is 127 Å². The van der Waals surface area contributed by atoms with E-state index in [2.05, 4.69) is 15.9 Å². The van der Waals surface area contributed by atoms with Gasteiger partial charge in [-0.2, -0.15) is 0 Å². The normalized spacial score (nSPS) is 21.3. The molecule has 2 rings (SSSR count). The average Bonchev–Trinajstić information content (AvgIpc) is 2.80. The highest BCUT2D eigenvalue weighted by atomic mass is 79.9. The summed E-state index contributed by atoms with van der Waals surface area (Å²) in [6.07, 6.45) is -0.780. The van der Waals surface area contributed by atoms with Crippen LogP contribution in [-0.2, 0) is 4.79 Å². The summed E-state index contributed by atoms with van der Waals surface area (Å²) in [5, 5.41) is 20.5. The molecule has 1 aliphatic heterocycles. The molecule has 0 radical (unpaired) electrons. The Morgan fingerprint density at radius 1 is 1.48 bits per heavy atom. The van der Waals surface area contributed by atoms with Crippen LogP contribution in [0.25, 0.3) is 0 Å². The number of primary amides is 1. The molecule has 2 unspecified atom stereocenters. The molecule has 1 aromatic carbocycles. The Balaban J connectivity index is 2.38. The second-order valence-electron chi connectivity index (χ2n) is 4.66. The molecule has 1 fully saturated rings. The summed E-state index contributed by atoms with van der Waals surface area (Å²) >= 11 is 3.03. The molecule has 1 aromatic rings. The molecule has 21 heavy (non-hydrogen) atoms. The predicted molar refractivity (Wildman–Crippen MR) is 75.4 cm³/mol. The van der Waals surface area contributed by atoms with Gasteiger partial charge < -0.3 is 15.7 Å². The molecule has 1 heterocycles. The van der Waals surface area contributed by atoms with E-state index in [0.29, 0.717) is 0 Å². The Morgan fingerprint density at radius 2 is 2.14 bits per heavy atom. The van der Waals surface area contributed by atoms with Crippen molar-refractivity contribution in [2.24, 2.45) is 5.73 Å². The smallest absolute Gasteiger partial charge is 0.284 e. The minimum absolute atomic E-state index is 0.0320. The van der Waals surface area contributed by atoms with Crippen molar-refractivity contribution in [3.63, 3.8) is 0 Å². The van der Waals surface area contributed by atoms with Gasteiger partial charge in [-0.25, -0.2) is 0 Å². The van der Waals surface area contributed by atoms with Gasteiger partial charge in [-0.15, -0.1) is 0 Å². The number of hydrogen-bond donors (Lipinski definition) is 2. The van der Waals surface area contributed by atoms with E-state index in [9.17, 15) is 24.8 Å². The van der Waals surface area contributed by atoms with Gasteiger partial charge >= 0.3 is 0 Å². The maximum atomic E-state index is 12.5. The lowest BCUT2D eigenvalue weighted by Crippen LogP contribution is -2.43. The van der Waals surface area contributed by atoms with Crippen molar-refractivity contribution in [3.05, 3.63) is 38.3 Å². The first-order chi connectivity index (χ1) is 9.82. The molecule has 112 valence electrons.